The second-order valence-electron chi connectivity index (χ2n) is 9.86. The molecule has 0 radical (unpaired) electrons. The van der Waals surface area contributed by atoms with Crippen molar-refractivity contribution >= 4 is 22.4 Å². The summed E-state index contributed by atoms with van der Waals surface area (Å²) >= 11 is 0. The van der Waals surface area contributed by atoms with Gasteiger partial charge in [0.1, 0.15) is 30.2 Å². The van der Waals surface area contributed by atoms with E-state index >= 15 is 0 Å². The number of carbonyl (C=O) groups is 2. The molecule has 13 nitrogen and oxygen atoms in total. The number of aromatic nitrogens is 3. The number of esters is 1. The van der Waals surface area contributed by atoms with Crippen molar-refractivity contribution in [2.75, 3.05) is 20.5 Å². The number of oxazole rings is 1. The standard InChI is InChI=1S/C32H29N3O10S/c1-20-26(33-30(44-20)22-11-13-27(45-46(4,38)39)25(15-22)32(37)41-3)19-42-28-12-10-21(14-29(28)40-2)18-43-31-23(17-36)16-35(34-31)24-8-6-5-7-9-24/h5-17H,18-19H2,1-4H3. The van der Waals surface area contributed by atoms with Gasteiger partial charge >= 0.3 is 16.1 Å². The largest absolute Gasteiger partial charge is 0.493 e. The zero-order valence-corrected chi connectivity index (χ0v) is 26.1. The van der Waals surface area contributed by atoms with Gasteiger partial charge in [-0.3, -0.25) is 4.79 Å². The van der Waals surface area contributed by atoms with Crippen LogP contribution in [0.2, 0.25) is 0 Å². The van der Waals surface area contributed by atoms with Crippen molar-refractivity contribution < 1.29 is 45.6 Å². The molecule has 46 heavy (non-hydrogen) atoms. The Balaban J connectivity index is 1.28. The smallest absolute Gasteiger partial charge is 0.341 e. The molecule has 14 heteroatoms. The van der Waals surface area contributed by atoms with E-state index in [-0.39, 0.29) is 36.3 Å². The van der Waals surface area contributed by atoms with Crippen molar-refractivity contribution in [2.45, 2.75) is 20.1 Å². The summed E-state index contributed by atoms with van der Waals surface area (Å²) in [6.07, 6.45) is 3.17. The average molecular weight is 648 g/mol. The second kappa shape index (κ2) is 13.6. The van der Waals surface area contributed by atoms with Gasteiger partial charge in [-0.15, -0.1) is 5.10 Å². The van der Waals surface area contributed by atoms with Crippen molar-refractivity contribution in [1.82, 2.24) is 14.8 Å². The number of ether oxygens (including phenoxy) is 4. The Kier molecular flexibility index (Phi) is 9.37. The molecular formula is C32H29N3O10S. The van der Waals surface area contributed by atoms with Gasteiger partial charge in [-0.05, 0) is 55.0 Å². The number of nitrogens with zero attached hydrogens (tertiary/aromatic N) is 3. The van der Waals surface area contributed by atoms with Gasteiger partial charge in [0.2, 0.25) is 11.8 Å². The lowest BCUT2D eigenvalue weighted by molar-refractivity contribution is 0.0598. The summed E-state index contributed by atoms with van der Waals surface area (Å²) in [5, 5.41) is 4.40. The Morgan fingerprint density at radius 2 is 1.72 bits per heavy atom. The Morgan fingerprint density at radius 1 is 0.957 bits per heavy atom. The molecule has 0 aliphatic carbocycles. The molecule has 0 spiro atoms. The van der Waals surface area contributed by atoms with E-state index in [0.717, 1.165) is 17.5 Å². The number of aryl methyl sites for hydroxylation is 1. The van der Waals surface area contributed by atoms with Crippen LogP contribution in [0.15, 0.2) is 77.3 Å². The van der Waals surface area contributed by atoms with E-state index in [9.17, 15) is 18.0 Å². The first-order valence-electron chi connectivity index (χ1n) is 13.7. The fourth-order valence-electron chi connectivity index (χ4n) is 4.35. The molecule has 0 atom stereocenters. The molecule has 5 rings (SSSR count). The number of benzene rings is 3. The van der Waals surface area contributed by atoms with Crippen LogP contribution < -0.4 is 18.4 Å². The normalized spacial score (nSPS) is 11.1. The van der Waals surface area contributed by atoms with E-state index in [1.54, 1.807) is 36.0 Å². The van der Waals surface area contributed by atoms with E-state index in [4.69, 9.17) is 27.5 Å². The highest BCUT2D eigenvalue weighted by Gasteiger charge is 2.21. The number of aldehydes is 1. The quantitative estimate of drug-likeness (QED) is 0.0964. The molecule has 0 bridgehead atoms. The summed E-state index contributed by atoms with van der Waals surface area (Å²) in [6, 6.07) is 18.8. The molecule has 5 aromatic rings. The summed E-state index contributed by atoms with van der Waals surface area (Å²) in [5.74, 6) is 0.749. The minimum atomic E-state index is -3.89. The van der Waals surface area contributed by atoms with Crippen molar-refractivity contribution in [3.05, 3.63) is 101 Å². The van der Waals surface area contributed by atoms with E-state index < -0.39 is 16.1 Å². The first-order valence-corrected chi connectivity index (χ1v) is 15.5. The van der Waals surface area contributed by atoms with Crippen LogP contribution in [-0.4, -0.2) is 55.9 Å². The zero-order chi connectivity index (χ0) is 32.8. The molecular weight excluding hydrogens is 618 g/mol. The number of methoxy groups -OCH3 is 2. The Bertz CT molecular complexity index is 1980. The Morgan fingerprint density at radius 3 is 2.41 bits per heavy atom. The zero-order valence-electron chi connectivity index (χ0n) is 25.3. The van der Waals surface area contributed by atoms with Crippen molar-refractivity contribution in [3.8, 4) is 40.3 Å². The molecule has 0 saturated heterocycles. The van der Waals surface area contributed by atoms with Crippen LogP contribution in [-0.2, 0) is 28.1 Å². The van der Waals surface area contributed by atoms with Gasteiger partial charge < -0.3 is 27.5 Å². The summed E-state index contributed by atoms with van der Waals surface area (Å²) in [4.78, 5) is 28.4. The Hall–Kier alpha value is -5.63. The van der Waals surface area contributed by atoms with Crippen LogP contribution in [0.3, 0.4) is 0 Å². The summed E-state index contributed by atoms with van der Waals surface area (Å²) in [6.45, 7) is 1.86. The molecule has 0 N–H and O–H groups in total. The van der Waals surface area contributed by atoms with Crippen LogP contribution in [0.4, 0.5) is 0 Å². The predicted octanol–water partition coefficient (Wildman–Crippen LogP) is 4.94. The highest BCUT2D eigenvalue weighted by atomic mass is 32.2. The molecule has 3 aromatic carbocycles. The van der Waals surface area contributed by atoms with Gasteiger partial charge in [0.25, 0.3) is 0 Å². The lowest BCUT2D eigenvalue weighted by atomic mass is 10.1. The SMILES string of the molecule is COC(=O)c1cc(-c2nc(COc3ccc(COc4nn(-c5ccccc5)cc4C=O)cc3OC)c(C)o2)ccc1OS(C)(=O)=O. The summed E-state index contributed by atoms with van der Waals surface area (Å²) in [5.41, 5.74) is 2.62. The highest BCUT2D eigenvalue weighted by molar-refractivity contribution is 7.86. The highest BCUT2D eigenvalue weighted by Crippen LogP contribution is 2.32. The van der Waals surface area contributed by atoms with Gasteiger partial charge in [-0.1, -0.05) is 24.3 Å². The van der Waals surface area contributed by atoms with E-state index in [2.05, 4.69) is 10.1 Å². The molecule has 0 unspecified atom stereocenters. The number of carbonyl (C=O) groups excluding carboxylic acids is 2. The van der Waals surface area contributed by atoms with Crippen molar-refractivity contribution in [3.63, 3.8) is 0 Å². The van der Waals surface area contributed by atoms with Gasteiger partial charge in [0.15, 0.2) is 23.5 Å². The topological polar surface area (TPSA) is 158 Å². The maximum atomic E-state index is 12.3. The maximum Gasteiger partial charge on any atom is 0.341 e. The third-order valence-corrected chi connectivity index (χ3v) is 7.07. The molecule has 0 aliphatic rings. The predicted molar refractivity (Wildman–Crippen MR) is 164 cm³/mol. The van der Waals surface area contributed by atoms with E-state index in [0.29, 0.717) is 40.4 Å². The maximum absolute atomic E-state index is 12.3. The van der Waals surface area contributed by atoms with Gasteiger partial charge in [0.05, 0.1) is 31.7 Å². The van der Waals surface area contributed by atoms with Crippen LogP contribution in [0.5, 0.6) is 23.1 Å². The molecule has 238 valence electrons. The van der Waals surface area contributed by atoms with Crippen LogP contribution >= 0.6 is 0 Å². The minimum absolute atomic E-state index is 0.0281. The Labute approximate surface area is 264 Å². The third kappa shape index (κ3) is 7.35. The number of hydrogen-bond donors (Lipinski definition) is 0. The number of para-hydroxylation sites is 1. The third-order valence-electron chi connectivity index (χ3n) is 6.59. The minimum Gasteiger partial charge on any atom is -0.493 e. The lowest BCUT2D eigenvalue weighted by Gasteiger charge is -2.12. The van der Waals surface area contributed by atoms with Crippen molar-refractivity contribution in [1.29, 1.82) is 0 Å². The summed E-state index contributed by atoms with van der Waals surface area (Å²) < 4.78 is 57.7. The lowest BCUT2D eigenvalue weighted by Crippen LogP contribution is -2.11. The molecule has 0 fully saturated rings. The second-order valence-corrected chi connectivity index (χ2v) is 11.4. The molecule has 2 aromatic heterocycles. The first-order chi connectivity index (χ1) is 22.1. The van der Waals surface area contributed by atoms with Crippen molar-refractivity contribution in [2.24, 2.45) is 0 Å². The van der Waals surface area contributed by atoms with Gasteiger partial charge in [-0.25, -0.2) is 14.5 Å². The molecule has 0 aliphatic heterocycles. The molecule has 2 heterocycles. The fraction of sp³-hybridized carbons (Fsp3) is 0.188. The monoisotopic (exact) mass is 647 g/mol. The van der Waals surface area contributed by atoms with Crippen LogP contribution in [0, 0.1) is 6.92 Å². The molecule has 0 amide bonds. The van der Waals surface area contributed by atoms with Gasteiger partial charge in [0, 0.05) is 11.8 Å². The average Bonchev–Trinajstić information content (AvgIpc) is 3.65. The van der Waals surface area contributed by atoms with E-state index in [1.807, 2.05) is 30.3 Å². The van der Waals surface area contributed by atoms with Gasteiger partial charge in [-0.2, -0.15) is 8.42 Å². The fourth-order valence-corrected chi connectivity index (χ4v) is 4.82. The first kappa shape index (κ1) is 31.8. The van der Waals surface area contributed by atoms with Crippen LogP contribution in [0.1, 0.15) is 37.7 Å². The summed E-state index contributed by atoms with van der Waals surface area (Å²) in [7, 11) is -1.21. The number of rotatable bonds is 13. The molecule has 0 saturated carbocycles. The van der Waals surface area contributed by atoms with E-state index in [1.165, 1.54) is 32.4 Å². The van der Waals surface area contributed by atoms with Crippen LogP contribution in [0.25, 0.3) is 17.1 Å². The number of hydrogen-bond acceptors (Lipinski definition) is 12.